The first-order chi connectivity index (χ1) is 15.8. The Hall–Kier alpha value is -2.83. The lowest BCUT2D eigenvalue weighted by atomic mass is 9.95. The van der Waals surface area contributed by atoms with Crippen molar-refractivity contribution in [2.75, 3.05) is 6.61 Å². The van der Waals surface area contributed by atoms with Crippen LogP contribution in [0.15, 0.2) is 47.5 Å². The number of alkyl halides is 6. The maximum Gasteiger partial charge on any atom is 0.422 e. The Morgan fingerprint density at radius 3 is 2.26 bits per heavy atom. The van der Waals surface area contributed by atoms with Gasteiger partial charge in [0.1, 0.15) is 0 Å². The predicted molar refractivity (Wildman–Crippen MR) is 108 cm³/mol. The third-order valence-corrected chi connectivity index (χ3v) is 7.58. The third-order valence-electron chi connectivity index (χ3n) is 5.32. The summed E-state index contributed by atoms with van der Waals surface area (Å²) in [5, 5.41) is 1.83. The van der Waals surface area contributed by atoms with Gasteiger partial charge in [-0.05, 0) is 49.9 Å². The number of hydrogen-bond acceptors (Lipinski definition) is 5. The SMILES string of the molecule is O=C(N[C@H]1CC[C@@H](S(=O)(=O)c2cccc(C(F)(F)F)c2)CC1)c1ccc(OCC(F)(F)F)nc1. The number of nitrogens with one attached hydrogen (secondary N) is 1. The van der Waals surface area contributed by atoms with Gasteiger partial charge in [0, 0.05) is 18.3 Å². The number of pyridine rings is 1. The monoisotopic (exact) mass is 510 g/mol. The molecule has 34 heavy (non-hydrogen) atoms. The van der Waals surface area contributed by atoms with Crippen LogP contribution in [0.25, 0.3) is 0 Å². The number of halogens is 6. The lowest BCUT2D eigenvalue weighted by molar-refractivity contribution is -0.154. The number of benzene rings is 1. The van der Waals surface area contributed by atoms with E-state index >= 15 is 0 Å². The van der Waals surface area contributed by atoms with Crippen molar-refractivity contribution < 1.29 is 44.3 Å². The van der Waals surface area contributed by atoms with Crippen molar-refractivity contribution in [3.05, 3.63) is 53.7 Å². The minimum atomic E-state index is -4.66. The Morgan fingerprint density at radius 2 is 1.71 bits per heavy atom. The highest BCUT2D eigenvalue weighted by atomic mass is 32.2. The molecule has 3 rings (SSSR count). The van der Waals surface area contributed by atoms with Crippen LogP contribution >= 0.6 is 0 Å². The number of sulfone groups is 1. The maximum absolute atomic E-state index is 12.9. The molecule has 1 N–H and O–H groups in total. The van der Waals surface area contributed by atoms with Crippen LogP contribution in [0.2, 0.25) is 0 Å². The Morgan fingerprint density at radius 1 is 1.03 bits per heavy atom. The molecule has 0 spiro atoms. The van der Waals surface area contributed by atoms with Gasteiger partial charge < -0.3 is 10.1 Å². The number of rotatable bonds is 6. The molecule has 1 heterocycles. The van der Waals surface area contributed by atoms with Gasteiger partial charge in [0.2, 0.25) is 5.88 Å². The fourth-order valence-corrected chi connectivity index (χ4v) is 5.42. The topological polar surface area (TPSA) is 85.4 Å². The van der Waals surface area contributed by atoms with E-state index < -0.39 is 50.4 Å². The van der Waals surface area contributed by atoms with Crippen LogP contribution < -0.4 is 10.1 Å². The van der Waals surface area contributed by atoms with Gasteiger partial charge in [-0.2, -0.15) is 26.3 Å². The maximum atomic E-state index is 12.9. The van der Waals surface area contributed by atoms with Gasteiger partial charge in [-0.25, -0.2) is 13.4 Å². The number of carbonyl (C=O) groups is 1. The van der Waals surface area contributed by atoms with E-state index in [4.69, 9.17) is 0 Å². The molecule has 0 saturated heterocycles. The highest BCUT2D eigenvalue weighted by Gasteiger charge is 2.36. The molecule has 1 aliphatic rings. The van der Waals surface area contributed by atoms with Crippen molar-refractivity contribution in [1.29, 1.82) is 0 Å². The fourth-order valence-electron chi connectivity index (χ4n) is 3.58. The average Bonchev–Trinajstić information content (AvgIpc) is 2.77. The van der Waals surface area contributed by atoms with Crippen LogP contribution in [0, 0.1) is 0 Å². The summed E-state index contributed by atoms with van der Waals surface area (Å²) in [5.74, 6) is -0.840. The van der Waals surface area contributed by atoms with Crippen LogP contribution in [0.1, 0.15) is 41.6 Å². The summed E-state index contributed by atoms with van der Waals surface area (Å²) in [6, 6.07) is 5.61. The zero-order valence-electron chi connectivity index (χ0n) is 17.5. The second-order valence-corrected chi connectivity index (χ2v) is 10.0. The molecule has 1 aromatic carbocycles. The molecule has 2 aromatic rings. The van der Waals surface area contributed by atoms with E-state index in [-0.39, 0.29) is 43.2 Å². The number of ether oxygens (including phenoxy) is 1. The number of amides is 1. The number of carbonyl (C=O) groups excluding carboxylic acids is 1. The normalized spacial score (nSPS) is 19.5. The molecule has 1 saturated carbocycles. The van der Waals surface area contributed by atoms with E-state index in [0.717, 1.165) is 30.5 Å². The first-order valence-corrected chi connectivity index (χ1v) is 11.7. The first kappa shape index (κ1) is 25.8. The molecule has 186 valence electrons. The van der Waals surface area contributed by atoms with E-state index in [1.165, 1.54) is 6.07 Å². The number of hydrogen-bond donors (Lipinski definition) is 1. The standard InChI is InChI=1S/C21H20F6N2O4S/c22-20(23,24)12-33-18-9-4-13(11-28-18)19(30)29-15-5-7-16(8-6-15)34(31,32)17-3-1-2-14(10-17)21(25,26)27/h1-4,9-11,15-16H,5-8,12H2,(H,29,30)/t15-,16+. The van der Waals surface area contributed by atoms with Crippen molar-refractivity contribution >= 4 is 15.7 Å². The zero-order valence-corrected chi connectivity index (χ0v) is 18.3. The van der Waals surface area contributed by atoms with Gasteiger partial charge in [0.15, 0.2) is 16.4 Å². The fraction of sp³-hybridized carbons (Fsp3) is 0.429. The molecule has 1 fully saturated rings. The third kappa shape index (κ3) is 6.61. The van der Waals surface area contributed by atoms with Crippen molar-refractivity contribution in [3.63, 3.8) is 0 Å². The Bertz CT molecular complexity index is 1110. The quantitative estimate of drug-likeness (QED) is 0.577. The number of aromatic nitrogens is 1. The minimum absolute atomic E-state index is 0.0815. The largest absolute Gasteiger partial charge is 0.468 e. The van der Waals surface area contributed by atoms with Gasteiger partial charge in [-0.3, -0.25) is 4.79 Å². The molecular formula is C21H20F6N2O4S. The van der Waals surface area contributed by atoms with Gasteiger partial charge in [-0.15, -0.1) is 0 Å². The second-order valence-electron chi connectivity index (χ2n) is 7.81. The van der Waals surface area contributed by atoms with E-state index in [2.05, 4.69) is 15.0 Å². The smallest absolute Gasteiger partial charge is 0.422 e. The van der Waals surface area contributed by atoms with Gasteiger partial charge in [0.05, 0.1) is 21.3 Å². The van der Waals surface area contributed by atoms with Crippen LogP contribution in [-0.4, -0.2) is 43.4 Å². The van der Waals surface area contributed by atoms with E-state index in [0.29, 0.717) is 6.07 Å². The van der Waals surface area contributed by atoms with Crippen LogP contribution in [0.4, 0.5) is 26.3 Å². The summed E-state index contributed by atoms with van der Waals surface area (Å²) in [6.45, 7) is -1.52. The lowest BCUT2D eigenvalue weighted by Gasteiger charge is -2.29. The second kappa shape index (κ2) is 9.80. The van der Waals surface area contributed by atoms with Gasteiger partial charge >= 0.3 is 12.4 Å². The molecule has 1 amide bonds. The molecule has 1 aromatic heterocycles. The highest BCUT2D eigenvalue weighted by molar-refractivity contribution is 7.92. The van der Waals surface area contributed by atoms with Crippen molar-refractivity contribution in [2.45, 2.75) is 54.2 Å². The van der Waals surface area contributed by atoms with Crippen molar-refractivity contribution in [2.24, 2.45) is 0 Å². The van der Waals surface area contributed by atoms with Gasteiger partial charge in [-0.1, -0.05) is 6.07 Å². The van der Waals surface area contributed by atoms with Gasteiger partial charge in [0.25, 0.3) is 5.91 Å². The van der Waals surface area contributed by atoms with Crippen LogP contribution in [-0.2, 0) is 16.0 Å². The minimum Gasteiger partial charge on any atom is -0.468 e. The summed E-state index contributed by atoms with van der Waals surface area (Å²) in [4.78, 5) is 15.6. The first-order valence-electron chi connectivity index (χ1n) is 10.1. The Balaban J connectivity index is 1.56. The predicted octanol–water partition coefficient (Wildman–Crippen LogP) is 4.56. The average molecular weight is 510 g/mol. The van der Waals surface area contributed by atoms with Crippen molar-refractivity contribution in [1.82, 2.24) is 10.3 Å². The molecule has 0 atom stereocenters. The van der Waals surface area contributed by atoms with Crippen LogP contribution in [0.3, 0.4) is 0 Å². The summed E-state index contributed by atoms with van der Waals surface area (Å²) in [6.07, 6.45) is -7.26. The lowest BCUT2D eigenvalue weighted by Crippen LogP contribution is -2.40. The molecule has 0 bridgehead atoms. The molecule has 0 unspecified atom stereocenters. The molecule has 0 radical (unpaired) electrons. The Labute approximate surface area is 191 Å². The summed E-state index contributed by atoms with van der Waals surface area (Å²) < 4.78 is 105. The molecule has 1 aliphatic carbocycles. The number of nitrogens with zero attached hydrogens (tertiary/aromatic N) is 1. The zero-order chi connectivity index (χ0) is 25.1. The van der Waals surface area contributed by atoms with Crippen molar-refractivity contribution in [3.8, 4) is 5.88 Å². The summed E-state index contributed by atoms with van der Waals surface area (Å²) in [5.41, 5.74) is -0.962. The molecule has 13 heteroatoms. The Kier molecular flexibility index (Phi) is 7.44. The van der Waals surface area contributed by atoms with Crippen LogP contribution in [0.5, 0.6) is 5.88 Å². The van der Waals surface area contributed by atoms with E-state index in [1.54, 1.807) is 0 Å². The molecular weight excluding hydrogens is 490 g/mol. The molecule has 6 nitrogen and oxygen atoms in total. The van der Waals surface area contributed by atoms with E-state index in [9.17, 15) is 39.6 Å². The molecule has 0 aliphatic heterocycles. The van der Waals surface area contributed by atoms with E-state index in [1.807, 2.05) is 0 Å². The summed E-state index contributed by atoms with van der Waals surface area (Å²) >= 11 is 0. The highest BCUT2D eigenvalue weighted by Crippen LogP contribution is 2.34. The summed E-state index contributed by atoms with van der Waals surface area (Å²) in [7, 11) is -3.99.